The first kappa shape index (κ1) is 18.4. The minimum Gasteiger partial charge on any atom is -0.325 e. The van der Waals surface area contributed by atoms with E-state index < -0.39 is 0 Å². The van der Waals surface area contributed by atoms with E-state index in [1.807, 2.05) is 0 Å². The third kappa shape index (κ3) is 3.42. The molecule has 3 nitrogen and oxygen atoms in total. The molecule has 0 unspecified atom stereocenters. The molecule has 4 heteroatoms. The number of aryl methyl sites for hydroxylation is 2. The van der Waals surface area contributed by atoms with Gasteiger partial charge in [-0.15, -0.1) is 0 Å². The summed E-state index contributed by atoms with van der Waals surface area (Å²) in [5, 5.41) is 3.90. The zero-order valence-corrected chi connectivity index (χ0v) is 18.3. The maximum absolute atomic E-state index is 4.82. The average molecular weight is 438 g/mol. The lowest BCUT2D eigenvalue weighted by Crippen LogP contribution is -2.32. The summed E-state index contributed by atoms with van der Waals surface area (Å²) in [5.74, 6) is 1.89. The summed E-state index contributed by atoms with van der Waals surface area (Å²) in [5.41, 5.74) is 6.79. The minimum atomic E-state index is 0.571. The van der Waals surface area contributed by atoms with Crippen molar-refractivity contribution >= 4 is 27.0 Å². The molecule has 0 aliphatic heterocycles. The van der Waals surface area contributed by atoms with Crippen molar-refractivity contribution in [3.63, 3.8) is 0 Å². The summed E-state index contributed by atoms with van der Waals surface area (Å²) < 4.78 is 3.69. The summed E-state index contributed by atoms with van der Waals surface area (Å²) in [4.78, 5) is 4.82. The molecule has 2 aliphatic rings. The van der Waals surface area contributed by atoms with Crippen molar-refractivity contribution in [2.45, 2.75) is 58.0 Å². The molecule has 1 N–H and O–H groups in total. The Kier molecular flexibility index (Phi) is 4.80. The average Bonchev–Trinajstić information content (AvgIpc) is 3.35. The number of nitrogens with one attached hydrogen (secondary N) is 1. The molecule has 3 atom stereocenters. The molecule has 28 heavy (non-hydrogen) atoms. The van der Waals surface area contributed by atoms with E-state index in [-0.39, 0.29) is 0 Å². The fraction of sp³-hybridized carbons (Fsp3) is 0.458. The highest BCUT2D eigenvalue weighted by Crippen LogP contribution is 2.35. The molecule has 0 spiro atoms. The number of hydrogen-bond acceptors (Lipinski definition) is 2. The Morgan fingerprint density at radius 1 is 1.07 bits per heavy atom. The Labute approximate surface area is 175 Å². The first-order valence-corrected chi connectivity index (χ1v) is 11.3. The highest BCUT2D eigenvalue weighted by Gasteiger charge is 2.29. The Bertz CT molecular complexity index is 1020. The normalized spacial score (nSPS) is 24.2. The zero-order chi connectivity index (χ0) is 19.3. The van der Waals surface area contributed by atoms with Crippen molar-refractivity contribution in [3.8, 4) is 0 Å². The van der Waals surface area contributed by atoms with Crippen LogP contribution >= 0.6 is 15.9 Å². The highest BCUT2D eigenvalue weighted by molar-refractivity contribution is 9.10. The number of aromatic nitrogens is 2. The summed E-state index contributed by atoms with van der Waals surface area (Å²) >= 11 is 3.61. The maximum Gasteiger partial charge on any atom is 0.106 e. The van der Waals surface area contributed by atoms with Crippen molar-refractivity contribution in [1.82, 2.24) is 14.9 Å². The first-order chi connectivity index (χ1) is 13.6. The van der Waals surface area contributed by atoms with Crippen LogP contribution in [0, 0.1) is 19.8 Å². The number of nitrogens with zero attached hydrogens (tertiary/aromatic N) is 2. The van der Waals surface area contributed by atoms with Gasteiger partial charge in [0.1, 0.15) is 5.82 Å². The quantitative estimate of drug-likeness (QED) is 0.582. The predicted octanol–water partition coefficient (Wildman–Crippen LogP) is 5.51. The lowest BCUT2D eigenvalue weighted by molar-refractivity contribution is 0.425. The molecule has 2 aromatic carbocycles. The third-order valence-corrected chi connectivity index (χ3v) is 7.17. The summed E-state index contributed by atoms with van der Waals surface area (Å²) in [6.07, 6.45) is 6.15. The standard InChI is InChI=1S/C24H28BrN3/c1-15-3-8-24-23(9-15)27-16(2)28(24)22-7-6-21(13-22)26-14-17-10-18-4-5-20(25)12-19(18)11-17/h3-5,8-9,12,17,21-22,26H,6-7,10-11,13-14H2,1-2H3/t17-,21-,22-/m0/s1. The molecule has 0 amide bonds. The fourth-order valence-corrected chi connectivity index (χ4v) is 5.73. The Balaban J connectivity index is 1.22. The smallest absolute Gasteiger partial charge is 0.106 e. The molecule has 2 aliphatic carbocycles. The van der Waals surface area contributed by atoms with E-state index in [4.69, 9.17) is 4.98 Å². The lowest BCUT2D eigenvalue weighted by Gasteiger charge is -2.18. The largest absolute Gasteiger partial charge is 0.325 e. The molecular formula is C24H28BrN3. The van der Waals surface area contributed by atoms with Crippen LogP contribution in [0.2, 0.25) is 0 Å². The zero-order valence-electron chi connectivity index (χ0n) is 16.7. The van der Waals surface area contributed by atoms with Gasteiger partial charge < -0.3 is 9.88 Å². The summed E-state index contributed by atoms with van der Waals surface area (Å²) in [6, 6.07) is 14.6. The van der Waals surface area contributed by atoms with Gasteiger partial charge in [0.2, 0.25) is 0 Å². The molecule has 1 aromatic heterocycles. The van der Waals surface area contributed by atoms with Gasteiger partial charge in [-0.2, -0.15) is 0 Å². The minimum absolute atomic E-state index is 0.571. The lowest BCUT2D eigenvalue weighted by atomic mass is 10.1. The van der Waals surface area contributed by atoms with Crippen molar-refractivity contribution in [3.05, 3.63) is 63.4 Å². The van der Waals surface area contributed by atoms with Crippen molar-refractivity contribution < 1.29 is 0 Å². The molecule has 0 radical (unpaired) electrons. The van der Waals surface area contributed by atoms with Crippen LogP contribution in [0.15, 0.2) is 40.9 Å². The highest BCUT2D eigenvalue weighted by atomic mass is 79.9. The monoisotopic (exact) mass is 437 g/mol. The van der Waals surface area contributed by atoms with E-state index in [1.165, 1.54) is 58.8 Å². The van der Waals surface area contributed by atoms with Gasteiger partial charge in [-0.1, -0.05) is 28.1 Å². The van der Waals surface area contributed by atoms with E-state index in [0.29, 0.717) is 12.1 Å². The Morgan fingerprint density at radius 3 is 2.82 bits per heavy atom. The number of rotatable bonds is 4. The second-order valence-corrected chi connectivity index (χ2v) is 9.70. The number of halogens is 1. The molecule has 146 valence electrons. The molecule has 1 heterocycles. The SMILES string of the molecule is Cc1ccc2c(c1)nc(C)n2[C@H]1CC[C@H](NC[C@H]2Cc3ccc(Br)cc3C2)C1. The molecule has 5 rings (SSSR count). The van der Waals surface area contributed by atoms with Crippen LogP contribution in [0.3, 0.4) is 0 Å². The first-order valence-electron chi connectivity index (χ1n) is 10.5. The van der Waals surface area contributed by atoms with E-state index in [9.17, 15) is 0 Å². The molecule has 0 saturated heterocycles. The van der Waals surface area contributed by atoms with Gasteiger partial charge in [0.25, 0.3) is 0 Å². The van der Waals surface area contributed by atoms with Gasteiger partial charge >= 0.3 is 0 Å². The number of hydrogen-bond donors (Lipinski definition) is 1. The Hall–Kier alpha value is -1.65. The number of imidazole rings is 1. The van der Waals surface area contributed by atoms with Crippen LogP contribution in [0.25, 0.3) is 11.0 Å². The van der Waals surface area contributed by atoms with E-state index in [0.717, 1.165) is 23.8 Å². The molecule has 0 bridgehead atoms. The van der Waals surface area contributed by atoms with Crippen LogP contribution in [-0.2, 0) is 12.8 Å². The van der Waals surface area contributed by atoms with E-state index in [1.54, 1.807) is 0 Å². The third-order valence-electron chi connectivity index (χ3n) is 6.67. The van der Waals surface area contributed by atoms with Gasteiger partial charge in [0.15, 0.2) is 0 Å². The van der Waals surface area contributed by atoms with Gasteiger partial charge in [-0.3, -0.25) is 0 Å². The van der Waals surface area contributed by atoms with Gasteiger partial charge in [0.05, 0.1) is 11.0 Å². The van der Waals surface area contributed by atoms with Crippen LogP contribution in [-0.4, -0.2) is 22.1 Å². The molecule has 1 saturated carbocycles. The topological polar surface area (TPSA) is 29.9 Å². The molecule has 3 aromatic rings. The van der Waals surface area contributed by atoms with Crippen LogP contribution in [0.5, 0.6) is 0 Å². The van der Waals surface area contributed by atoms with Gasteiger partial charge in [-0.05, 0) is 99.4 Å². The van der Waals surface area contributed by atoms with Crippen LogP contribution in [0.1, 0.15) is 47.8 Å². The van der Waals surface area contributed by atoms with Crippen molar-refractivity contribution in [2.24, 2.45) is 5.92 Å². The van der Waals surface area contributed by atoms with Crippen molar-refractivity contribution in [1.29, 1.82) is 0 Å². The molecular weight excluding hydrogens is 410 g/mol. The van der Waals surface area contributed by atoms with Gasteiger partial charge in [-0.25, -0.2) is 4.98 Å². The number of fused-ring (bicyclic) bond motifs is 2. The van der Waals surface area contributed by atoms with E-state index in [2.05, 4.69) is 76.1 Å². The van der Waals surface area contributed by atoms with Crippen molar-refractivity contribution in [2.75, 3.05) is 6.54 Å². The second kappa shape index (κ2) is 7.31. The summed E-state index contributed by atoms with van der Waals surface area (Å²) in [6.45, 7) is 5.43. The maximum atomic E-state index is 4.82. The fourth-order valence-electron chi connectivity index (χ4n) is 5.32. The Morgan fingerprint density at radius 2 is 1.93 bits per heavy atom. The summed E-state index contributed by atoms with van der Waals surface area (Å²) in [7, 11) is 0. The molecule has 1 fully saturated rings. The van der Waals surface area contributed by atoms with Gasteiger partial charge in [0, 0.05) is 16.6 Å². The second-order valence-electron chi connectivity index (χ2n) is 8.78. The number of benzene rings is 2. The van der Waals surface area contributed by atoms with Crippen LogP contribution < -0.4 is 5.32 Å². The predicted molar refractivity (Wildman–Crippen MR) is 119 cm³/mol. The van der Waals surface area contributed by atoms with E-state index >= 15 is 0 Å². The van der Waals surface area contributed by atoms with Crippen LogP contribution in [0.4, 0.5) is 0 Å².